The molecule has 40 heavy (non-hydrogen) atoms. The Morgan fingerprint density at radius 1 is 1.02 bits per heavy atom. The zero-order valence-corrected chi connectivity index (χ0v) is 23.5. The van der Waals surface area contributed by atoms with E-state index >= 15 is 0 Å². The second-order valence-electron chi connectivity index (χ2n) is 11.2. The maximum atomic E-state index is 13.8. The summed E-state index contributed by atoms with van der Waals surface area (Å²) in [5, 5.41) is 12.8. The number of amides is 1. The maximum absolute atomic E-state index is 13.8. The standard InChI is InChI=1S/C27H36N4O9/c1-15(32)29-21-19(37-16(2)33)12-27(25(35)40-26(4,5)6)14-28-30-31(27)22(21)23-20(38-17(3)34)13-36-24(39-23)18-10-8-7-9-11-18/h7-11,19-24H,12-14H2,1-6H3,(H,29,32)/t19-,20+,21+,22+,23+,24+,27+/m0/s1. The van der Waals surface area contributed by atoms with Crippen LogP contribution in [-0.4, -0.2) is 83.5 Å². The van der Waals surface area contributed by atoms with E-state index in [4.69, 9.17) is 23.7 Å². The zero-order valence-electron chi connectivity index (χ0n) is 23.5. The van der Waals surface area contributed by atoms with Gasteiger partial charge in [-0.2, -0.15) is 5.11 Å². The molecule has 1 amide bonds. The summed E-state index contributed by atoms with van der Waals surface area (Å²) in [5.74, 6) is -2.22. The first-order valence-corrected chi connectivity index (χ1v) is 13.1. The predicted octanol–water partition coefficient (Wildman–Crippen LogP) is 2.00. The second-order valence-corrected chi connectivity index (χ2v) is 11.2. The second kappa shape index (κ2) is 11.5. The molecule has 3 heterocycles. The molecule has 7 atom stereocenters. The van der Waals surface area contributed by atoms with Crippen molar-refractivity contribution < 1.29 is 42.9 Å². The average Bonchev–Trinajstić information content (AvgIpc) is 3.28. The van der Waals surface area contributed by atoms with Crippen molar-refractivity contribution in [2.24, 2.45) is 10.3 Å². The number of fused-ring (bicyclic) bond motifs is 1. The molecule has 2 fully saturated rings. The lowest BCUT2D eigenvalue weighted by molar-refractivity contribution is -0.284. The topological polar surface area (TPSA) is 154 Å². The van der Waals surface area contributed by atoms with Gasteiger partial charge in [-0.05, 0) is 20.8 Å². The first kappa shape index (κ1) is 29.4. The van der Waals surface area contributed by atoms with Crippen LogP contribution in [0.3, 0.4) is 0 Å². The van der Waals surface area contributed by atoms with Crippen molar-refractivity contribution in [3.8, 4) is 0 Å². The van der Waals surface area contributed by atoms with E-state index < -0.39 is 71.6 Å². The molecular weight excluding hydrogens is 524 g/mol. The van der Waals surface area contributed by atoms with Gasteiger partial charge < -0.3 is 29.0 Å². The van der Waals surface area contributed by atoms with Crippen LogP contribution in [0.15, 0.2) is 40.7 Å². The molecule has 3 aliphatic heterocycles. The Hall–Kier alpha value is -3.58. The highest BCUT2D eigenvalue weighted by atomic mass is 16.7. The molecule has 218 valence electrons. The van der Waals surface area contributed by atoms with E-state index in [-0.39, 0.29) is 19.6 Å². The number of nitrogens with one attached hydrogen (secondary N) is 1. The van der Waals surface area contributed by atoms with E-state index in [0.717, 1.165) is 0 Å². The van der Waals surface area contributed by atoms with Gasteiger partial charge in [0, 0.05) is 32.8 Å². The minimum absolute atomic E-state index is 0.0459. The number of nitrogens with zero attached hydrogens (tertiary/aromatic N) is 3. The lowest BCUT2D eigenvalue weighted by Gasteiger charge is -2.53. The summed E-state index contributed by atoms with van der Waals surface area (Å²) in [7, 11) is 0. The Bertz CT molecular complexity index is 1150. The van der Waals surface area contributed by atoms with Gasteiger partial charge in [-0.25, -0.2) is 4.79 Å². The molecule has 1 N–H and O–H groups in total. The van der Waals surface area contributed by atoms with Crippen molar-refractivity contribution in [2.45, 2.75) is 95.8 Å². The Kier molecular flexibility index (Phi) is 8.45. The predicted molar refractivity (Wildman–Crippen MR) is 137 cm³/mol. The first-order chi connectivity index (χ1) is 18.8. The quantitative estimate of drug-likeness (QED) is 0.404. The summed E-state index contributed by atoms with van der Waals surface area (Å²) in [6, 6.07) is 7.24. The maximum Gasteiger partial charge on any atom is 0.336 e. The number of hydrogen-bond donors (Lipinski definition) is 1. The molecule has 1 aromatic rings. The molecule has 0 unspecified atom stereocenters. The van der Waals surface area contributed by atoms with Gasteiger partial charge in [0.15, 0.2) is 17.9 Å². The third kappa shape index (κ3) is 6.25. The molecule has 13 heteroatoms. The lowest BCUT2D eigenvalue weighted by atomic mass is 9.77. The van der Waals surface area contributed by atoms with Gasteiger partial charge in [0.1, 0.15) is 23.9 Å². The van der Waals surface area contributed by atoms with Crippen molar-refractivity contribution in [3.63, 3.8) is 0 Å². The molecule has 3 aliphatic rings. The first-order valence-electron chi connectivity index (χ1n) is 13.1. The SMILES string of the molecule is CC(=O)N[C@H]1[C@H]([C@@H]2O[C@H](c3ccccc3)OC[C@H]2OC(C)=O)N2N=NC[C@@]2(C(=O)OC(C)(C)C)C[C@@H]1OC(C)=O. The molecule has 0 bridgehead atoms. The summed E-state index contributed by atoms with van der Waals surface area (Å²) in [5.41, 5.74) is -1.61. The van der Waals surface area contributed by atoms with E-state index in [9.17, 15) is 19.2 Å². The number of carbonyl (C=O) groups is 4. The van der Waals surface area contributed by atoms with Crippen molar-refractivity contribution >= 4 is 23.8 Å². The van der Waals surface area contributed by atoms with Gasteiger partial charge in [-0.1, -0.05) is 35.6 Å². The van der Waals surface area contributed by atoms with Gasteiger partial charge in [-0.3, -0.25) is 19.4 Å². The van der Waals surface area contributed by atoms with Crippen LogP contribution < -0.4 is 5.32 Å². The average molecular weight is 561 g/mol. The summed E-state index contributed by atoms with van der Waals surface area (Å²) < 4.78 is 29.5. The van der Waals surface area contributed by atoms with Crippen LogP contribution in [0.1, 0.15) is 59.8 Å². The number of esters is 3. The molecule has 0 aliphatic carbocycles. The molecule has 4 rings (SSSR count). The number of rotatable bonds is 6. The minimum atomic E-state index is -1.47. The summed E-state index contributed by atoms with van der Waals surface area (Å²) in [6.45, 7) is 8.92. The van der Waals surface area contributed by atoms with Crippen LogP contribution in [0.5, 0.6) is 0 Å². The molecular formula is C27H36N4O9. The van der Waals surface area contributed by atoms with E-state index in [0.29, 0.717) is 5.56 Å². The third-order valence-corrected chi connectivity index (χ3v) is 6.77. The molecule has 0 radical (unpaired) electrons. The molecule has 0 aromatic heterocycles. The van der Waals surface area contributed by atoms with Gasteiger partial charge in [-0.15, -0.1) is 0 Å². The fraction of sp³-hybridized carbons (Fsp3) is 0.630. The van der Waals surface area contributed by atoms with E-state index in [2.05, 4.69) is 15.7 Å². The van der Waals surface area contributed by atoms with Crippen LogP contribution >= 0.6 is 0 Å². The molecule has 0 saturated carbocycles. The number of carbonyl (C=O) groups excluding carboxylic acids is 4. The summed E-state index contributed by atoms with van der Waals surface area (Å²) >= 11 is 0. The molecule has 2 saturated heterocycles. The normalized spacial score (nSPS) is 31.6. The number of hydrogen-bond acceptors (Lipinski definition) is 12. The Labute approximate surface area is 232 Å². The number of piperidine rings is 1. The highest BCUT2D eigenvalue weighted by molar-refractivity contribution is 5.83. The Balaban J connectivity index is 1.83. The highest BCUT2D eigenvalue weighted by Crippen LogP contribution is 2.44. The van der Waals surface area contributed by atoms with Crippen LogP contribution in [0.4, 0.5) is 0 Å². The Morgan fingerprint density at radius 3 is 2.27 bits per heavy atom. The number of ether oxygens (including phenoxy) is 5. The van der Waals surface area contributed by atoms with Crippen LogP contribution in [0, 0.1) is 0 Å². The fourth-order valence-corrected chi connectivity index (χ4v) is 5.36. The highest BCUT2D eigenvalue weighted by Gasteiger charge is 2.64. The van der Waals surface area contributed by atoms with E-state index in [1.54, 1.807) is 20.8 Å². The van der Waals surface area contributed by atoms with Gasteiger partial charge in [0.2, 0.25) is 5.91 Å². The molecule has 1 aromatic carbocycles. The van der Waals surface area contributed by atoms with Gasteiger partial charge in [0.05, 0.1) is 19.2 Å². The summed E-state index contributed by atoms with van der Waals surface area (Å²) in [6.07, 6.45) is -3.86. The van der Waals surface area contributed by atoms with Gasteiger partial charge in [0.25, 0.3) is 0 Å². The van der Waals surface area contributed by atoms with Crippen LogP contribution in [-0.2, 0) is 42.9 Å². The van der Waals surface area contributed by atoms with Crippen LogP contribution in [0.2, 0.25) is 0 Å². The van der Waals surface area contributed by atoms with Crippen molar-refractivity contribution in [1.29, 1.82) is 0 Å². The van der Waals surface area contributed by atoms with E-state index in [1.165, 1.54) is 25.8 Å². The largest absolute Gasteiger partial charge is 0.460 e. The van der Waals surface area contributed by atoms with Crippen molar-refractivity contribution in [2.75, 3.05) is 13.2 Å². The third-order valence-electron chi connectivity index (χ3n) is 6.77. The van der Waals surface area contributed by atoms with Crippen molar-refractivity contribution in [1.82, 2.24) is 10.3 Å². The summed E-state index contributed by atoms with van der Waals surface area (Å²) in [4.78, 5) is 50.6. The number of benzene rings is 1. The van der Waals surface area contributed by atoms with E-state index in [1.807, 2.05) is 30.3 Å². The van der Waals surface area contributed by atoms with Gasteiger partial charge >= 0.3 is 17.9 Å². The zero-order chi connectivity index (χ0) is 29.2. The Morgan fingerprint density at radius 2 is 1.68 bits per heavy atom. The minimum Gasteiger partial charge on any atom is -0.460 e. The molecule has 13 nitrogen and oxygen atoms in total. The lowest BCUT2D eigenvalue weighted by Crippen LogP contribution is -2.75. The monoisotopic (exact) mass is 560 g/mol. The fourth-order valence-electron chi connectivity index (χ4n) is 5.36. The van der Waals surface area contributed by atoms with Crippen LogP contribution in [0.25, 0.3) is 0 Å². The van der Waals surface area contributed by atoms with Crippen molar-refractivity contribution in [3.05, 3.63) is 35.9 Å². The molecule has 0 spiro atoms. The smallest absolute Gasteiger partial charge is 0.336 e.